The summed E-state index contributed by atoms with van der Waals surface area (Å²) >= 11 is 0. The third-order valence-electron chi connectivity index (χ3n) is 3.82. The van der Waals surface area contributed by atoms with Crippen LogP contribution in [-0.2, 0) is 9.84 Å². The number of hydrogen-bond donors (Lipinski definition) is 1. The van der Waals surface area contributed by atoms with E-state index in [-0.39, 0.29) is 24.4 Å². The van der Waals surface area contributed by atoms with Crippen molar-refractivity contribution < 1.29 is 13.2 Å². The molecule has 1 N–H and O–H groups in total. The monoisotopic (exact) mass is 290 g/mol. The molecule has 6 heteroatoms. The molecule has 19 heavy (non-hydrogen) atoms. The van der Waals surface area contributed by atoms with Crippen LogP contribution < -0.4 is 5.32 Å². The van der Waals surface area contributed by atoms with Crippen LogP contribution in [0.4, 0.5) is 4.79 Å². The summed E-state index contributed by atoms with van der Waals surface area (Å²) in [5.74, 6) is 0.586. The number of carbonyl (C=O) groups excluding carboxylic acids is 1. The zero-order valence-electron chi connectivity index (χ0n) is 12.6. The molecule has 1 aliphatic rings. The maximum absolute atomic E-state index is 11.9. The molecule has 0 aromatic heterocycles. The number of rotatable bonds is 5. The second-order valence-electron chi connectivity index (χ2n) is 6.35. The van der Waals surface area contributed by atoms with Gasteiger partial charge in [-0.25, -0.2) is 13.2 Å². The van der Waals surface area contributed by atoms with Crippen molar-refractivity contribution in [1.82, 2.24) is 10.2 Å². The number of nitrogens with zero attached hydrogens (tertiary/aromatic N) is 1. The second kappa shape index (κ2) is 5.69. The number of hydrogen-bond acceptors (Lipinski definition) is 3. The van der Waals surface area contributed by atoms with Gasteiger partial charge in [0.25, 0.3) is 0 Å². The molecule has 2 amide bonds. The summed E-state index contributed by atoms with van der Waals surface area (Å²) < 4.78 is 23.0. The molecule has 0 aliphatic heterocycles. The lowest BCUT2D eigenvalue weighted by Crippen LogP contribution is -2.45. The van der Waals surface area contributed by atoms with Crippen LogP contribution in [0.15, 0.2) is 0 Å². The molecule has 0 aromatic carbocycles. The molecule has 0 unspecified atom stereocenters. The molecule has 1 saturated carbocycles. The van der Waals surface area contributed by atoms with E-state index < -0.39 is 14.6 Å². The minimum absolute atomic E-state index is 0.0200. The fourth-order valence-electron chi connectivity index (χ4n) is 1.80. The molecule has 0 saturated heterocycles. The highest BCUT2D eigenvalue weighted by molar-refractivity contribution is 7.92. The first-order chi connectivity index (χ1) is 8.56. The Labute approximate surface area is 116 Å². The number of carbonyl (C=O) groups is 1. The molecule has 5 nitrogen and oxygen atoms in total. The largest absolute Gasteiger partial charge is 0.337 e. The Hall–Kier alpha value is -0.780. The molecule has 0 aromatic rings. The molecule has 0 radical (unpaired) electrons. The van der Waals surface area contributed by atoms with E-state index >= 15 is 0 Å². The van der Waals surface area contributed by atoms with Crippen molar-refractivity contribution in [2.75, 3.05) is 19.3 Å². The topological polar surface area (TPSA) is 66.5 Å². The SMILES string of the molecule is C[C@H](C1CC1)N(C)C(=O)NCCS(=O)(=O)C(C)(C)C. The van der Waals surface area contributed by atoms with E-state index in [2.05, 4.69) is 5.32 Å². The molecule has 0 bridgehead atoms. The highest BCUT2D eigenvalue weighted by Crippen LogP contribution is 2.34. The summed E-state index contributed by atoms with van der Waals surface area (Å²) in [4.78, 5) is 13.5. The molecule has 0 spiro atoms. The molecular formula is C13H26N2O3S. The van der Waals surface area contributed by atoms with Crippen LogP contribution in [0, 0.1) is 5.92 Å². The lowest BCUT2D eigenvalue weighted by molar-refractivity contribution is 0.188. The van der Waals surface area contributed by atoms with E-state index in [0.29, 0.717) is 5.92 Å². The summed E-state index contributed by atoms with van der Waals surface area (Å²) in [5.41, 5.74) is 0. The van der Waals surface area contributed by atoms with Crippen molar-refractivity contribution in [1.29, 1.82) is 0 Å². The van der Waals surface area contributed by atoms with Crippen molar-refractivity contribution >= 4 is 15.9 Å². The van der Waals surface area contributed by atoms with Gasteiger partial charge in [0.05, 0.1) is 10.5 Å². The normalized spacial score (nSPS) is 17.9. The summed E-state index contributed by atoms with van der Waals surface area (Å²) in [6, 6.07) is 0.0303. The molecule has 1 rings (SSSR count). The van der Waals surface area contributed by atoms with E-state index in [4.69, 9.17) is 0 Å². The number of amides is 2. The van der Waals surface area contributed by atoms with Gasteiger partial charge in [0.15, 0.2) is 9.84 Å². The van der Waals surface area contributed by atoms with Gasteiger partial charge in [0, 0.05) is 19.6 Å². The van der Waals surface area contributed by atoms with Gasteiger partial charge in [-0.1, -0.05) is 0 Å². The van der Waals surface area contributed by atoms with E-state index in [0.717, 1.165) is 0 Å². The smallest absolute Gasteiger partial charge is 0.317 e. The van der Waals surface area contributed by atoms with Crippen molar-refractivity contribution in [3.63, 3.8) is 0 Å². The van der Waals surface area contributed by atoms with Crippen LogP contribution >= 0.6 is 0 Å². The first kappa shape index (κ1) is 16.3. The Morgan fingerprint density at radius 2 is 1.89 bits per heavy atom. The van der Waals surface area contributed by atoms with Gasteiger partial charge in [0.1, 0.15) is 0 Å². The molecular weight excluding hydrogens is 264 g/mol. The van der Waals surface area contributed by atoms with Crippen LogP contribution in [0.2, 0.25) is 0 Å². The van der Waals surface area contributed by atoms with E-state index in [1.807, 2.05) is 6.92 Å². The average Bonchev–Trinajstić information content (AvgIpc) is 3.08. The number of urea groups is 1. The van der Waals surface area contributed by atoms with Crippen LogP contribution in [0.1, 0.15) is 40.5 Å². The van der Waals surface area contributed by atoms with E-state index in [9.17, 15) is 13.2 Å². The lowest BCUT2D eigenvalue weighted by Gasteiger charge is -2.25. The first-order valence-electron chi connectivity index (χ1n) is 6.79. The van der Waals surface area contributed by atoms with Gasteiger partial charge >= 0.3 is 6.03 Å². The molecule has 1 aliphatic carbocycles. The standard InChI is InChI=1S/C13H26N2O3S/c1-10(11-6-7-11)15(5)12(16)14-8-9-19(17,18)13(2,3)4/h10-11H,6-9H2,1-5H3,(H,14,16)/t10-/m1/s1. The predicted molar refractivity (Wildman–Crippen MR) is 76.9 cm³/mol. The molecule has 112 valence electrons. The average molecular weight is 290 g/mol. The zero-order valence-corrected chi connectivity index (χ0v) is 13.4. The fourth-order valence-corrected chi connectivity index (χ4v) is 2.79. The van der Waals surface area contributed by atoms with Gasteiger partial charge in [-0.3, -0.25) is 0 Å². The molecule has 1 fully saturated rings. The van der Waals surface area contributed by atoms with Crippen LogP contribution in [-0.4, -0.2) is 49.5 Å². The molecule has 1 atom stereocenters. The quantitative estimate of drug-likeness (QED) is 0.837. The highest BCUT2D eigenvalue weighted by atomic mass is 32.2. The highest BCUT2D eigenvalue weighted by Gasteiger charge is 2.33. The van der Waals surface area contributed by atoms with Crippen molar-refractivity contribution in [2.24, 2.45) is 5.92 Å². The van der Waals surface area contributed by atoms with Crippen molar-refractivity contribution in [3.05, 3.63) is 0 Å². The van der Waals surface area contributed by atoms with Gasteiger partial charge in [-0.15, -0.1) is 0 Å². The Kier molecular flexibility index (Phi) is 4.87. The Balaban J connectivity index is 2.38. The van der Waals surface area contributed by atoms with Gasteiger partial charge in [-0.05, 0) is 46.5 Å². The van der Waals surface area contributed by atoms with Gasteiger partial charge in [-0.2, -0.15) is 0 Å². The Bertz CT molecular complexity index is 422. The first-order valence-corrected chi connectivity index (χ1v) is 8.44. The van der Waals surface area contributed by atoms with E-state index in [1.54, 1.807) is 32.7 Å². The van der Waals surface area contributed by atoms with Gasteiger partial charge in [0.2, 0.25) is 0 Å². The number of nitrogens with one attached hydrogen (secondary N) is 1. The van der Waals surface area contributed by atoms with Crippen LogP contribution in [0.3, 0.4) is 0 Å². The third-order valence-corrected chi connectivity index (χ3v) is 6.42. The Morgan fingerprint density at radius 3 is 2.32 bits per heavy atom. The third kappa shape index (κ3) is 4.37. The summed E-state index contributed by atoms with van der Waals surface area (Å²) in [5, 5.41) is 2.68. The van der Waals surface area contributed by atoms with E-state index in [1.165, 1.54) is 12.8 Å². The maximum Gasteiger partial charge on any atom is 0.317 e. The minimum Gasteiger partial charge on any atom is -0.337 e. The second-order valence-corrected chi connectivity index (χ2v) is 9.21. The number of sulfone groups is 1. The van der Waals surface area contributed by atoms with Crippen molar-refractivity contribution in [2.45, 2.75) is 51.3 Å². The van der Waals surface area contributed by atoms with Crippen LogP contribution in [0.25, 0.3) is 0 Å². The summed E-state index contributed by atoms with van der Waals surface area (Å²) in [6.45, 7) is 7.21. The zero-order chi connectivity index (χ0) is 14.8. The maximum atomic E-state index is 11.9. The van der Waals surface area contributed by atoms with Crippen molar-refractivity contribution in [3.8, 4) is 0 Å². The predicted octanol–water partition coefficient (Wildman–Crippen LogP) is 1.64. The van der Waals surface area contributed by atoms with Gasteiger partial charge < -0.3 is 10.2 Å². The molecule has 0 heterocycles. The summed E-state index contributed by atoms with van der Waals surface area (Å²) in [6.07, 6.45) is 2.36. The minimum atomic E-state index is -3.18. The summed E-state index contributed by atoms with van der Waals surface area (Å²) in [7, 11) is -1.42. The Morgan fingerprint density at radius 1 is 1.37 bits per heavy atom. The fraction of sp³-hybridized carbons (Fsp3) is 0.923. The lowest BCUT2D eigenvalue weighted by atomic mass is 10.2. The van der Waals surface area contributed by atoms with Crippen LogP contribution in [0.5, 0.6) is 0 Å².